The number of rotatable bonds is 2. The summed E-state index contributed by atoms with van der Waals surface area (Å²) in [5.41, 5.74) is 3.01. The minimum Gasteiger partial charge on any atom is -0.469 e. The van der Waals surface area contributed by atoms with Gasteiger partial charge in [-0.2, -0.15) is 0 Å². The van der Waals surface area contributed by atoms with E-state index in [0.29, 0.717) is 12.8 Å². The highest BCUT2D eigenvalue weighted by Gasteiger charge is 2.82. The van der Waals surface area contributed by atoms with Crippen molar-refractivity contribution in [2.45, 2.75) is 24.7 Å². The van der Waals surface area contributed by atoms with Gasteiger partial charge in [0.15, 0.2) is 0 Å². The molecule has 0 atom stereocenters. The Morgan fingerprint density at radius 3 is 1.54 bits per heavy atom. The van der Waals surface area contributed by atoms with Crippen LogP contribution in [0.1, 0.15) is 34.1 Å². The SMILES string of the molecule is COC(=O)C12Cc3ccccc3C1C1(C(=O)OC)Cc3ccccc3C21. The van der Waals surface area contributed by atoms with Gasteiger partial charge in [-0.25, -0.2) is 0 Å². The summed E-state index contributed by atoms with van der Waals surface area (Å²) in [4.78, 5) is 26.2. The monoisotopic (exact) mass is 348 g/mol. The molecule has 2 aromatic rings. The maximum Gasteiger partial charge on any atom is 0.313 e. The number of hydrogen-bond acceptors (Lipinski definition) is 4. The zero-order chi connectivity index (χ0) is 18.1. The van der Waals surface area contributed by atoms with Crippen LogP contribution in [0, 0.1) is 10.8 Å². The molecule has 0 radical (unpaired) electrons. The molecule has 3 aliphatic rings. The molecule has 0 aliphatic heterocycles. The van der Waals surface area contributed by atoms with Crippen molar-refractivity contribution in [2.24, 2.45) is 10.8 Å². The summed E-state index contributed by atoms with van der Waals surface area (Å²) in [7, 11) is 2.88. The lowest BCUT2D eigenvalue weighted by Gasteiger charge is -2.60. The van der Waals surface area contributed by atoms with E-state index in [-0.39, 0.29) is 23.8 Å². The van der Waals surface area contributed by atoms with Crippen molar-refractivity contribution in [3.8, 4) is 0 Å². The maximum atomic E-state index is 13.1. The molecule has 5 rings (SSSR count). The van der Waals surface area contributed by atoms with E-state index >= 15 is 0 Å². The van der Waals surface area contributed by atoms with Crippen molar-refractivity contribution in [1.29, 1.82) is 0 Å². The third-order valence-corrected chi connectivity index (χ3v) is 6.89. The Kier molecular flexibility index (Phi) is 2.98. The van der Waals surface area contributed by atoms with E-state index in [1.165, 1.54) is 14.2 Å². The molecule has 1 fully saturated rings. The third kappa shape index (κ3) is 1.48. The largest absolute Gasteiger partial charge is 0.469 e. The fourth-order valence-corrected chi connectivity index (χ4v) is 6.25. The fraction of sp³-hybridized carbons (Fsp3) is 0.364. The van der Waals surface area contributed by atoms with Crippen LogP contribution in [0.5, 0.6) is 0 Å². The van der Waals surface area contributed by atoms with Gasteiger partial charge < -0.3 is 9.47 Å². The van der Waals surface area contributed by atoms with Crippen LogP contribution in [-0.4, -0.2) is 26.2 Å². The van der Waals surface area contributed by atoms with Crippen LogP contribution < -0.4 is 0 Å². The van der Waals surface area contributed by atoms with Gasteiger partial charge in [0.2, 0.25) is 0 Å². The van der Waals surface area contributed by atoms with Gasteiger partial charge in [0, 0.05) is 11.8 Å². The number of methoxy groups -OCH3 is 2. The van der Waals surface area contributed by atoms with Crippen LogP contribution >= 0.6 is 0 Å². The quantitative estimate of drug-likeness (QED) is 0.783. The Hall–Kier alpha value is -2.62. The first-order valence-corrected chi connectivity index (χ1v) is 8.93. The lowest BCUT2D eigenvalue weighted by atomic mass is 9.39. The number of benzene rings is 2. The number of fused-ring (bicyclic) bond motifs is 8. The molecule has 26 heavy (non-hydrogen) atoms. The molecule has 0 spiro atoms. The molecule has 4 heteroatoms. The molecule has 132 valence electrons. The molecule has 2 aromatic carbocycles. The number of carbonyl (C=O) groups is 2. The van der Waals surface area contributed by atoms with E-state index in [4.69, 9.17) is 9.47 Å². The molecule has 0 unspecified atom stereocenters. The van der Waals surface area contributed by atoms with Gasteiger partial charge in [0.25, 0.3) is 0 Å². The highest BCUT2D eigenvalue weighted by atomic mass is 16.5. The molecule has 0 heterocycles. The lowest BCUT2D eigenvalue weighted by Crippen LogP contribution is -2.65. The third-order valence-electron chi connectivity index (χ3n) is 6.89. The van der Waals surface area contributed by atoms with Gasteiger partial charge >= 0.3 is 11.9 Å². The van der Waals surface area contributed by atoms with Gasteiger partial charge in [-0.05, 0) is 35.1 Å². The molecule has 0 saturated heterocycles. The Morgan fingerprint density at radius 2 is 1.15 bits per heavy atom. The molecule has 4 nitrogen and oxygen atoms in total. The second-order valence-corrected chi connectivity index (χ2v) is 7.68. The zero-order valence-corrected chi connectivity index (χ0v) is 14.8. The van der Waals surface area contributed by atoms with Crippen LogP contribution in [0.2, 0.25) is 0 Å². The first kappa shape index (κ1) is 15.6. The number of carbonyl (C=O) groups excluding carboxylic acids is 2. The van der Waals surface area contributed by atoms with Crippen molar-refractivity contribution in [2.75, 3.05) is 14.2 Å². The lowest BCUT2D eigenvalue weighted by molar-refractivity contribution is -0.193. The van der Waals surface area contributed by atoms with Crippen molar-refractivity contribution in [1.82, 2.24) is 0 Å². The summed E-state index contributed by atoms with van der Waals surface area (Å²) in [6, 6.07) is 16.2. The van der Waals surface area contributed by atoms with Crippen LogP contribution in [-0.2, 0) is 31.9 Å². The van der Waals surface area contributed by atoms with E-state index in [1.54, 1.807) is 0 Å². The predicted molar refractivity (Wildman–Crippen MR) is 94.7 cm³/mol. The fourth-order valence-electron chi connectivity index (χ4n) is 6.25. The Bertz CT molecular complexity index is 859. The summed E-state index contributed by atoms with van der Waals surface area (Å²) in [5.74, 6) is -0.855. The van der Waals surface area contributed by atoms with Crippen molar-refractivity contribution >= 4 is 11.9 Å². The van der Waals surface area contributed by atoms with E-state index in [2.05, 4.69) is 24.3 Å². The summed E-state index contributed by atoms with van der Waals surface area (Å²) >= 11 is 0. The molecular formula is C22H20O4. The van der Waals surface area contributed by atoms with Crippen LogP contribution in [0.15, 0.2) is 48.5 Å². The van der Waals surface area contributed by atoms with E-state index in [0.717, 1.165) is 22.3 Å². The summed E-state index contributed by atoms with van der Waals surface area (Å²) in [6.45, 7) is 0. The van der Waals surface area contributed by atoms with Crippen LogP contribution in [0.3, 0.4) is 0 Å². The summed E-state index contributed by atoms with van der Waals surface area (Å²) in [6.07, 6.45) is 1.22. The highest BCUT2D eigenvalue weighted by Crippen LogP contribution is 2.80. The minimum absolute atomic E-state index is 0.205. The normalized spacial score (nSPS) is 32.5. The van der Waals surface area contributed by atoms with Gasteiger partial charge in [-0.1, -0.05) is 48.5 Å². The molecule has 3 aliphatic carbocycles. The molecule has 0 N–H and O–H groups in total. The number of hydrogen-bond donors (Lipinski definition) is 0. The molecule has 0 bridgehead atoms. The smallest absolute Gasteiger partial charge is 0.313 e. The van der Waals surface area contributed by atoms with Gasteiger partial charge in [0.05, 0.1) is 25.0 Å². The molecule has 1 saturated carbocycles. The molecule has 0 amide bonds. The van der Waals surface area contributed by atoms with Gasteiger partial charge in [-0.3, -0.25) is 9.59 Å². The topological polar surface area (TPSA) is 52.6 Å². The second-order valence-electron chi connectivity index (χ2n) is 7.68. The van der Waals surface area contributed by atoms with Crippen molar-refractivity contribution < 1.29 is 19.1 Å². The maximum absolute atomic E-state index is 13.1. The van der Waals surface area contributed by atoms with Gasteiger partial charge in [-0.15, -0.1) is 0 Å². The first-order valence-electron chi connectivity index (χ1n) is 8.93. The van der Waals surface area contributed by atoms with Crippen molar-refractivity contribution in [3.05, 3.63) is 70.8 Å². The second kappa shape index (κ2) is 4.97. The molecule has 0 aromatic heterocycles. The highest BCUT2D eigenvalue weighted by molar-refractivity contribution is 5.94. The minimum atomic E-state index is -0.723. The number of esters is 2. The van der Waals surface area contributed by atoms with Crippen molar-refractivity contribution in [3.63, 3.8) is 0 Å². The zero-order valence-electron chi connectivity index (χ0n) is 14.8. The first-order chi connectivity index (χ1) is 12.6. The average Bonchev–Trinajstić information content (AvgIpc) is 3.14. The standard InChI is InChI=1S/C22H20O4/c1-25-19(23)21-11-13-7-3-5-9-15(13)17(21)22(20(24)26-2)12-14-8-4-6-10-16(14)18(21)22/h3-10,17-18H,11-12H2,1-2H3. The summed E-state index contributed by atoms with van der Waals surface area (Å²) < 4.78 is 10.6. The molecular weight excluding hydrogens is 328 g/mol. The van der Waals surface area contributed by atoms with E-state index in [1.807, 2.05) is 24.3 Å². The van der Waals surface area contributed by atoms with E-state index < -0.39 is 10.8 Å². The Labute approximate surface area is 152 Å². The summed E-state index contributed by atoms with van der Waals surface area (Å²) in [5, 5.41) is 0. The average molecular weight is 348 g/mol. The Balaban J connectivity index is 1.80. The van der Waals surface area contributed by atoms with Crippen LogP contribution in [0.4, 0.5) is 0 Å². The van der Waals surface area contributed by atoms with Crippen LogP contribution in [0.25, 0.3) is 0 Å². The van der Waals surface area contributed by atoms with Gasteiger partial charge in [0.1, 0.15) is 0 Å². The number of ether oxygens (including phenoxy) is 2. The van der Waals surface area contributed by atoms with E-state index in [9.17, 15) is 9.59 Å². The Morgan fingerprint density at radius 1 is 0.769 bits per heavy atom. The predicted octanol–water partition coefficient (Wildman–Crippen LogP) is 3.00.